The molecule has 0 atom stereocenters. The highest BCUT2D eigenvalue weighted by Crippen LogP contribution is 2.29. The number of aromatic nitrogens is 3. The molecular weight excluding hydrogens is 367 g/mol. The number of nitrogens with zero attached hydrogens (tertiary/aromatic N) is 3. The van der Waals surface area contributed by atoms with Gasteiger partial charge >= 0.3 is 0 Å². The molecule has 8 heteroatoms. The molecule has 122 valence electrons. The fourth-order valence-corrected chi connectivity index (χ4v) is 3.22. The lowest BCUT2D eigenvalue weighted by atomic mass is 10.4. The van der Waals surface area contributed by atoms with E-state index < -0.39 is 0 Å². The molecule has 1 aromatic carbocycles. The summed E-state index contributed by atoms with van der Waals surface area (Å²) in [6, 6.07) is 10.5. The van der Waals surface area contributed by atoms with E-state index in [1.165, 1.54) is 11.8 Å². The van der Waals surface area contributed by atoms with Gasteiger partial charge in [0.1, 0.15) is 0 Å². The summed E-state index contributed by atoms with van der Waals surface area (Å²) in [6.07, 6.45) is 5.06. The van der Waals surface area contributed by atoms with Gasteiger partial charge < -0.3 is 5.32 Å². The number of pyridine rings is 1. The molecule has 0 spiro atoms. The predicted octanol–water partition coefficient (Wildman–Crippen LogP) is 4.30. The molecule has 0 bridgehead atoms. The van der Waals surface area contributed by atoms with Crippen molar-refractivity contribution in [3.63, 3.8) is 0 Å². The molecular formula is C16H12Cl2N4OS. The second kappa shape index (κ2) is 7.70. The third-order valence-corrected chi connectivity index (χ3v) is 4.75. The number of benzene rings is 1. The van der Waals surface area contributed by atoms with Gasteiger partial charge in [-0.1, -0.05) is 23.2 Å². The van der Waals surface area contributed by atoms with Crippen LogP contribution in [0.1, 0.15) is 0 Å². The van der Waals surface area contributed by atoms with E-state index in [0.717, 1.165) is 4.90 Å². The minimum absolute atomic E-state index is 0.148. The zero-order valence-electron chi connectivity index (χ0n) is 12.3. The maximum Gasteiger partial charge on any atom is 0.234 e. The van der Waals surface area contributed by atoms with Crippen LogP contribution in [0.15, 0.2) is 59.9 Å². The highest BCUT2D eigenvalue weighted by molar-refractivity contribution is 8.00. The molecule has 1 N–H and O–H groups in total. The van der Waals surface area contributed by atoms with E-state index in [4.69, 9.17) is 23.2 Å². The summed E-state index contributed by atoms with van der Waals surface area (Å²) in [5, 5.41) is 8.04. The number of hydrogen-bond acceptors (Lipinski definition) is 4. The topological polar surface area (TPSA) is 59.8 Å². The average Bonchev–Trinajstić information content (AvgIpc) is 3.11. The molecule has 2 heterocycles. The second-order valence-corrected chi connectivity index (χ2v) is 6.63. The van der Waals surface area contributed by atoms with E-state index in [1.807, 2.05) is 6.07 Å². The third-order valence-electron chi connectivity index (χ3n) is 3.02. The van der Waals surface area contributed by atoms with Crippen LogP contribution >= 0.6 is 35.0 Å². The van der Waals surface area contributed by atoms with Crippen LogP contribution in [0.4, 0.5) is 5.69 Å². The molecule has 3 aromatic rings. The van der Waals surface area contributed by atoms with Crippen LogP contribution < -0.4 is 5.32 Å². The van der Waals surface area contributed by atoms with Crippen LogP contribution in [0, 0.1) is 0 Å². The van der Waals surface area contributed by atoms with Crippen LogP contribution in [-0.4, -0.2) is 26.4 Å². The molecule has 0 fully saturated rings. The molecule has 0 saturated carbocycles. The summed E-state index contributed by atoms with van der Waals surface area (Å²) >= 11 is 13.3. The number of amides is 1. The first-order valence-electron chi connectivity index (χ1n) is 6.95. The lowest BCUT2D eigenvalue weighted by Crippen LogP contribution is -2.14. The number of carbonyl (C=O) groups is 1. The molecule has 0 unspecified atom stereocenters. The van der Waals surface area contributed by atoms with E-state index >= 15 is 0 Å². The summed E-state index contributed by atoms with van der Waals surface area (Å²) < 4.78 is 1.64. The van der Waals surface area contributed by atoms with Crippen LogP contribution in [0.2, 0.25) is 10.0 Å². The first kappa shape index (κ1) is 16.8. The number of carbonyl (C=O) groups excluding carboxylic acids is 1. The lowest BCUT2D eigenvalue weighted by Gasteiger charge is -2.07. The number of thioether (sulfide) groups is 1. The van der Waals surface area contributed by atoms with Crippen molar-refractivity contribution in [2.75, 3.05) is 11.1 Å². The summed E-state index contributed by atoms with van der Waals surface area (Å²) in [5.74, 6) is 0.754. The highest BCUT2D eigenvalue weighted by atomic mass is 35.5. The normalized spacial score (nSPS) is 10.6. The van der Waals surface area contributed by atoms with E-state index in [1.54, 1.807) is 53.6 Å². The van der Waals surface area contributed by atoms with Crippen molar-refractivity contribution in [1.29, 1.82) is 0 Å². The van der Waals surface area contributed by atoms with Gasteiger partial charge in [-0.2, -0.15) is 5.10 Å². The molecule has 0 aliphatic rings. The van der Waals surface area contributed by atoms with Crippen LogP contribution in [0.3, 0.4) is 0 Å². The van der Waals surface area contributed by atoms with Gasteiger partial charge in [0, 0.05) is 22.3 Å². The van der Waals surface area contributed by atoms with Gasteiger partial charge in [0.25, 0.3) is 0 Å². The molecule has 24 heavy (non-hydrogen) atoms. The Morgan fingerprint density at radius 2 is 2.12 bits per heavy atom. The van der Waals surface area contributed by atoms with E-state index in [9.17, 15) is 4.79 Å². The molecule has 3 rings (SSSR count). The van der Waals surface area contributed by atoms with Crippen molar-refractivity contribution >= 4 is 46.6 Å². The molecule has 0 aliphatic carbocycles. The fourth-order valence-electron chi connectivity index (χ4n) is 1.93. The Kier molecular flexibility index (Phi) is 5.40. The molecule has 0 saturated heterocycles. The second-order valence-electron chi connectivity index (χ2n) is 4.77. The van der Waals surface area contributed by atoms with Crippen LogP contribution in [-0.2, 0) is 4.79 Å². The maximum absolute atomic E-state index is 12.0. The number of anilines is 1. The largest absolute Gasteiger partial charge is 0.324 e. The summed E-state index contributed by atoms with van der Waals surface area (Å²) in [4.78, 5) is 17.1. The first-order valence-corrected chi connectivity index (χ1v) is 8.70. The molecule has 0 aliphatic heterocycles. The zero-order chi connectivity index (χ0) is 16.9. The Morgan fingerprint density at radius 3 is 2.83 bits per heavy atom. The zero-order valence-corrected chi connectivity index (χ0v) is 14.6. The van der Waals surface area contributed by atoms with Crippen molar-refractivity contribution in [3.05, 3.63) is 65.0 Å². The Hall–Kier alpha value is -2.02. The van der Waals surface area contributed by atoms with Crippen molar-refractivity contribution in [2.24, 2.45) is 0 Å². The molecule has 1 amide bonds. The minimum atomic E-state index is -0.148. The van der Waals surface area contributed by atoms with E-state index in [-0.39, 0.29) is 11.7 Å². The first-order chi connectivity index (χ1) is 11.6. The van der Waals surface area contributed by atoms with Gasteiger partial charge in [-0.25, -0.2) is 9.67 Å². The smallest absolute Gasteiger partial charge is 0.234 e. The average molecular weight is 379 g/mol. The SMILES string of the molecule is O=C(CSc1cc(Cl)ccc1Cl)Nc1ccc(-n2cccn2)nc1. The summed E-state index contributed by atoms with van der Waals surface area (Å²) in [7, 11) is 0. The fraction of sp³-hybridized carbons (Fsp3) is 0.0625. The van der Waals surface area contributed by atoms with Gasteiger partial charge in [-0.15, -0.1) is 11.8 Å². The minimum Gasteiger partial charge on any atom is -0.324 e. The Balaban J connectivity index is 1.58. The van der Waals surface area contributed by atoms with Gasteiger partial charge in [0.05, 0.1) is 22.7 Å². The molecule has 0 radical (unpaired) electrons. The van der Waals surface area contributed by atoms with E-state index in [0.29, 0.717) is 21.6 Å². The number of halogens is 2. The number of hydrogen-bond donors (Lipinski definition) is 1. The monoisotopic (exact) mass is 378 g/mol. The predicted molar refractivity (Wildman–Crippen MR) is 97.2 cm³/mol. The summed E-state index contributed by atoms with van der Waals surface area (Å²) in [6.45, 7) is 0. The molecule has 2 aromatic heterocycles. The maximum atomic E-state index is 12.0. The summed E-state index contributed by atoms with van der Waals surface area (Å²) in [5.41, 5.74) is 0.619. The van der Waals surface area contributed by atoms with Crippen molar-refractivity contribution in [3.8, 4) is 5.82 Å². The van der Waals surface area contributed by atoms with Crippen LogP contribution in [0.5, 0.6) is 0 Å². The molecule has 5 nitrogen and oxygen atoms in total. The Bertz CT molecular complexity index is 838. The Labute approximate surface area is 153 Å². The van der Waals surface area contributed by atoms with Gasteiger partial charge in [0.15, 0.2) is 5.82 Å². The number of rotatable bonds is 5. The van der Waals surface area contributed by atoms with Crippen LogP contribution in [0.25, 0.3) is 5.82 Å². The van der Waals surface area contributed by atoms with Gasteiger partial charge in [-0.3, -0.25) is 4.79 Å². The van der Waals surface area contributed by atoms with E-state index in [2.05, 4.69) is 15.4 Å². The van der Waals surface area contributed by atoms with Gasteiger partial charge in [-0.05, 0) is 36.4 Å². The highest BCUT2D eigenvalue weighted by Gasteiger charge is 2.08. The van der Waals surface area contributed by atoms with Crippen molar-refractivity contribution in [2.45, 2.75) is 4.90 Å². The quantitative estimate of drug-likeness (QED) is 0.672. The van der Waals surface area contributed by atoms with Gasteiger partial charge in [0.2, 0.25) is 5.91 Å². The third kappa shape index (κ3) is 4.29. The Morgan fingerprint density at radius 1 is 1.25 bits per heavy atom. The van der Waals surface area contributed by atoms with Crippen molar-refractivity contribution < 1.29 is 4.79 Å². The van der Waals surface area contributed by atoms with Crippen molar-refractivity contribution in [1.82, 2.24) is 14.8 Å². The number of nitrogens with one attached hydrogen (secondary N) is 1. The lowest BCUT2D eigenvalue weighted by molar-refractivity contribution is -0.113. The standard InChI is InChI=1S/C16H12Cl2N4OS/c17-11-2-4-13(18)14(8-11)24-10-16(23)21-12-3-5-15(19-9-12)22-7-1-6-20-22/h1-9H,10H2,(H,21,23).